The zero-order valence-corrected chi connectivity index (χ0v) is 12.4. The van der Waals surface area contributed by atoms with Gasteiger partial charge in [0, 0.05) is 12.2 Å². The average molecular weight is 336 g/mol. The fraction of sp³-hybridized carbons (Fsp3) is 0.429. The monoisotopic (exact) mass is 336 g/mol. The molecule has 5 nitrogen and oxygen atoms in total. The van der Waals surface area contributed by atoms with Crippen molar-refractivity contribution >= 4 is 17.5 Å². The van der Waals surface area contributed by atoms with Crippen molar-refractivity contribution in [3.8, 4) is 0 Å². The van der Waals surface area contributed by atoms with Crippen LogP contribution in [0.4, 0.5) is 23.2 Å². The van der Waals surface area contributed by atoms with E-state index < -0.39 is 35.0 Å². The maximum Gasteiger partial charge on any atom is 0.419 e. The van der Waals surface area contributed by atoms with Gasteiger partial charge in [-0.25, -0.2) is 4.39 Å². The number of hydrogen-bond acceptors (Lipinski definition) is 3. The summed E-state index contributed by atoms with van der Waals surface area (Å²) in [5, 5.41) is 13.8. The van der Waals surface area contributed by atoms with E-state index in [1.807, 2.05) is 5.32 Å². The van der Waals surface area contributed by atoms with Crippen molar-refractivity contribution in [2.24, 2.45) is 0 Å². The van der Waals surface area contributed by atoms with Gasteiger partial charge in [0.25, 0.3) is 0 Å². The topological polar surface area (TPSA) is 78.4 Å². The summed E-state index contributed by atoms with van der Waals surface area (Å²) in [5.41, 5.74) is -3.14. The Balaban J connectivity index is 2.76. The number of alkyl halides is 3. The molecule has 0 saturated carbocycles. The molecular weight excluding hydrogens is 320 g/mol. The zero-order valence-electron chi connectivity index (χ0n) is 12.4. The standard InChI is InChI=1S/C14H16F4N2O3/c1-3-13(2,23)7-19-11(21)12(22)20-8-4-5-10(15)9(6-8)14(16,17)18/h4-6,23H,3,7H2,1-2H3,(H,19,21)(H,20,22). The maximum atomic E-state index is 13.1. The molecule has 2 amide bonds. The van der Waals surface area contributed by atoms with Crippen LogP contribution in [-0.2, 0) is 15.8 Å². The van der Waals surface area contributed by atoms with Gasteiger partial charge in [0.15, 0.2) is 0 Å². The number of hydrogen-bond donors (Lipinski definition) is 3. The lowest BCUT2D eigenvalue weighted by molar-refractivity contribution is -0.140. The SMILES string of the molecule is CCC(C)(O)CNC(=O)C(=O)Nc1ccc(F)c(C(F)(F)F)c1. The minimum atomic E-state index is -4.92. The second-order valence-corrected chi connectivity index (χ2v) is 5.18. The van der Waals surface area contributed by atoms with Gasteiger partial charge in [0.05, 0.1) is 11.2 Å². The first-order valence-electron chi connectivity index (χ1n) is 6.64. The third kappa shape index (κ3) is 5.51. The molecule has 0 aliphatic carbocycles. The Hall–Kier alpha value is -2.16. The summed E-state index contributed by atoms with van der Waals surface area (Å²) in [6, 6.07) is 1.83. The summed E-state index contributed by atoms with van der Waals surface area (Å²) in [4.78, 5) is 23.1. The number of nitrogens with one attached hydrogen (secondary N) is 2. The molecule has 9 heteroatoms. The average Bonchev–Trinajstić information content (AvgIpc) is 2.45. The zero-order chi connectivity index (χ0) is 17.8. The normalized spacial score (nSPS) is 14.0. The lowest BCUT2D eigenvalue weighted by atomic mass is 10.0. The van der Waals surface area contributed by atoms with E-state index in [1.165, 1.54) is 6.92 Å². The highest BCUT2D eigenvalue weighted by molar-refractivity contribution is 6.39. The molecule has 0 aromatic heterocycles. The maximum absolute atomic E-state index is 13.1. The molecule has 0 radical (unpaired) electrons. The quantitative estimate of drug-likeness (QED) is 0.582. The summed E-state index contributed by atoms with van der Waals surface area (Å²) in [7, 11) is 0. The summed E-state index contributed by atoms with van der Waals surface area (Å²) in [5.74, 6) is -3.84. The Morgan fingerprint density at radius 2 is 1.83 bits per heavy atom. The minimum absolute atomic E-state index is 0.201. The molecule has 0 bridgehead atoms. The van der Waals surface area contributed by atoms with Gasteiger partial charge in [-0.05, 0) is 31.5 Å². The van der Waals surface area contributed by atoms with Crippen molar-refractivity contribution in [1.82, 2.24) is 5.32 Å². The fourth-order valence-corrected chi connectivity index (χ4v) is 1.48. The van der Waals surface area contributed by atoms with Crippen LogP contribution in [0, 0.1) is 5.82 Å². The molecule has 1 rings (SSSR count). The number of benzene rings is 1. The van der Waals surface area contributed by atoms with Crippen LogP contribution in [0.1, 0.15) is 25.8 Å². The molecule has 23 heavy (non-hydrogen) atoms. The van der Waals surface area contributed by atoms with E-state index in [-0.39, 0.29) is 12.2 Å². The first-order valence-corrected chi connectivity index (χ1v) is 6.64. The van der Waals surface area contributed by atoms with Gasteiger partial charge in [-0.2, -0.15) is 13.2 Å². The summed E-state index contributed by atoms with van der Waals surface area (Å²) in [6.07, 6.45) is -4.60. The number of carbonyl (C=O) groups is 2. The van der Waals surface area contributed by atoms with Crippen molar-refractivity contribution < 1.29 is 32.3 Å². The second-order valence-electron chi connectivity index (χ2n) is 5.18. The van der Waals surface area contributed by atoms with E-state index in [4.69, 9.17) is 0 Å². The molecular formula is C14H16F4N2O3. The molecule has 1 atom stereocenters. The van der Waals surface area contributed by atoms with Crippen LogP contribution in [-0.4, -0.2) is 29.1 Å². The van der Waals surface area contributed by atoms with Crippen LogP contribution in [0.2, 0.25) is 0 Å². The van der Waals surface area contributed by atoms with Gasteiger partial charge in [0.1, 0.15) is 5.82 Å². The highest BCUT2D eigenvalue weighted by Gasteiger charge is 2.34. The van der Waals surface area contributed by atoms with Crippen LogP contribution in [0.25, 0.3) is 0 Å². The van der Waals surface area contributed by atoms with Gasteiger partial charge in [-0.3, -0.25) is 9.59 Å². The van der Waals surface area contributed by atoms with E-state index in [0.717, 1.165) is 6.07 Å². The second kappa shape index (κ2) is 6.95. The molecule has 0 spiro atoms. The number of rotatable bonds is 4. The van der Waals surface area contributed by atoms with Gasteiger partial charge in [-0.15, -0.1) is 0 Å². The van der Waals surface area contributed by atoms with Crippen LogP contribution >= 0.6 is 0 Å². The first kappa shape index (κ1) is 18.9. The number of aliphatic hydroxyl groups is 1. The lowest BCUT2D eigenvalue weighted by Crippen LogP contribution is -2.44. The van der Waals surface area contributed by atoms with Gasteiger partial charge in [0.2, 0.25) is 0 Å². The predicted molar refractivity (Wildman–Crippen MR) is 74.0 cm³/mol. The Morgan fingerprint density at radius 3 is 2.35 bits per heavy atom. The number of halogens is 4. The predicted octanol–water partition coefficient (Wildman–Crippen LogP) is 2.06. The van der Waals surface area contributed by atoms with E-state index in [1.54, 1.807) is 6.92 Å². The molecule has 1 unspecified atom stereocenters. The van der Waals surface area contributed by atoms with Crippen molar-refractivity contribution in [2.45, 2.75) is 32.0 Å². The van der Waals surface area contributed by atoms with Crippen molar-refractivity contribution in [3.05, 3.63) is 29.6 Å². The van der Waals surface area contributed by atoms with Crippen molar-refractivity contribution in [1.29, 1.82) is 0 Å². The Morgan fingerprint density at radius 1 is 1.22 bits per heavy atom. The Labute approximate surface area is 129 Å². The summed E-state index contributed by atoms with van der Waals surface area (Å²) >= 11 is 0. The number of carbonyl (C=O) groups excluding carboxylic acids is 2. The van der Waals surface area contributed by atoms with E-state index in [2.05, 4.69) is 5.32 Å². The molecule has 0 fully saturated rings. The third-order valence-corrected chi connectivity index (χ3v) is 3.13. The van der Waals surface area contributed by atoms with Crippen molar-refractivity contribution in [2.75, 3.05) is 11.9 Å². The van der Waals surface area contributed by atoms with Crippen LogP contribution in [0.5, 0.6) is 0 Å². The van der Waals surface area contributed by atoms with Crippen molar-refractivity contribution in [3.63, 3.8) is 0 Å². The largest absolute Gasteiger partial charge is 0.419 e. The lowest BCUT2D eigenvalue weighted by Gasteiger charge is -2.21. The van der Waals surface area contributed by atoms with Gasteiger partial charge in [-0.1, -0.05) is 6.92 Å². The molecule has 1 aromatic rings. The Bertz CT molecular complexity index is 600. The molecule has 128 valence electrons. The summed E-state index contributed by atoms with van der Waals surface area (Å²) in [6.45, 7) is 2.91. The fourth-order valence-electron chi connectivity index (χ4n) is 1.48. The third-order valence-electron chi connectivity index (χ3n) is 3.13. The van der Waals surface area contributed by atoms with E-state index >= 15 is 0 Å². The van der Waals surface area contributed by atoms with Crippen LogP contribution in [0.3, 0.4) is 0 Å². The molecule has 1 aromatic carbocycles. The molecule has 0 aliphatic heterocycles. The molecule has 0 heterocycles. The molecule has 0 saturated heterocycles. The number of amides is 2. The van der Waals surface area contributed by atoms with Crippen LogP contribution < -0.4 is 10.6 Å². The highest BCUT2D eigenvalue weighted by atomic mass is 19.4. The van der Waals surface area contributed by atoms with Gasteiger partial charge >= 0.3 is 18.0 Å². The molecule has 3 N–H and O–H groups in total. The van der Waals surface area contributed by atoms with Crippen LogP contribution in [0.15, 0.2) is 18.2 Å². The smallest absolute Gasteiger partial charge is 0.388 e. The summed E-state index contributed by atoms with van der Waals surface area (Å²) < 4.78 is 50.8. The molecule has 0 aliphatic rings. The minimum Gasteiger partial charge on any atom is -0.388 e. The number of anilines is 1. The Kier molecular flexibility index (Phi) is 5.70. The van der Waals surface area contributed by atoms with Gasteiger partial charge < -0.3 is 15.7 Å². The first-order chi connectivity index (χ1) is 10.5. The van der Waals surface area contributed by atoms with E-state index in [0.29, 0.717) is 18.6 Å². The highest BCUT2D eigenvalue weighted by Crippen LogP contribution is 2.32. The van der Waals surface area contributed by atoms with E-state index in [9.17, 15) is 32.3 Å².